The molecule has 0 unspecified atom stereocenters. The minimum atomic E-state index is -4.27. The minimum Gasteiger partial charge on any atom is -0.744 e. The molecule has 0 saturated heterocycles. The lowest BCUT2D eigenvalue weighted by Gasteiger charge is -2.05. The van der Waals surface area contributed by atoms with Crippen LogP contribution in [0.3, 0.4) is 0 Å². The molecule has 0 fully saturated rings. The van der Waals surface area contributed by atoms with E-state index in [0.717, 1.165) is 11.3 Å². The standard InChI is InChI=1S/C15H14IO3.C7H8O3S/c1-18-14-8-6-12(7-9-14)16-13-5-3-4-11(10-13)15(17)19-2;1-6-2-4-7(5-3-6)11(8,9)10/h3-10H,1-2H3;2-5H,1H3,(H,8,9,10)/q+1;/p-1. The van der Waals surface area contributed by atoms with Crippen LogP contribution in [0.2, 0.25) is 0 Å². The molecule has 6 nitrogen and oxygen atoms in total. The summed E-state index contributed by atoms with van der Waals surface area (Å²) in [5, 5.41) is 0. The number of halogens is 1. The molecule has 3 aromatic rings. The summed E-state index contributed by atoms with van der Waals surface area (Å²) >= 11 is -0.300. The third kappa shape index (κ3) is 7.43. The van der Waals surface area contributed by atoms with Crippen LogP contribution < -0.4 is 25.9 Å². The first kappa shape index (κ1) is 23.8. The maximum atomic E-state index is 11.5. The van der Waals surface area contributed by atoms with E-state index < -0.39 is 10.1 Å². The van der Waals surface area contributed by atoms with E-state index >= 15 is 0 Å². The van der Waals surface area contributed by atoms with E-state index in [9.17, 15) is 17.8 Å². The van der Waals surface area contributed by atoms with Gasteiger partial charge in [-0.3, -0.25) is 0 Å². The number of hydrogen-bond donors (Lipinski definition) is 0. The fraction of sp³-hybridized carbons (Fsp3) is 0.136. The van der Waals surface area contributed by atoms with Gasteiger partial charge in [-0.25, -0.2) is 13.2 Å². The third-order valence-corrected chi connectivity index (χ3v) is 7.31. The Labute approximate surface area is 186 Å². The number of carbonyl (C=O) groups is 1. The Balaban J connectivity index is 0.000000248. The normalized spacial score (nSPS) is 10.5. The molecule has 0 spiro atoms. The van der Waals surface area contributed by atoms with E-state index in [4.69, 9.17) is 9.47 Å². The Morgan fingerprint density at radius 3 is 2.07 bits per heavy atom. The molecule has 0 amide bonds. The first-order valence-corrected chi connectivity index (χ1v) is 12.3. The number of ether oxygens (including phenoxy) is 2. The second-order valence-corrected chi connectivity index (χ2v) is 10.4. The summed E-state index contributed by atoms with van der Waals surface area (Å²) in [5.74, 6) is 0.566. The van der Waals surface area contributed by atoms with Gasteiger partial charge in [0, 0.05) is 6.07 Å². The second-order valence-electron chi connectivity index (χ2n) is 6.02. The largest absolute Gasteiger partial charge is 0.744 e. The van der Waals surface area contributed by atoms with Crippen molar-refractivity contribution in [2.75, 3.05) is 14.2 Å². The van der Waals surface area contributed by atoms with Crippen molar-refractivity contribution in [1.29, 1.82) is 0 Å². The van der Waals surface area contributed by atoms with Crippen LogP contribution in [0.5, 0.6) is 5.75 Å². The van der Waals surface area contributed by atoms with Crippen molar-refractivity contribution in [3.05, 3.63) is 91.1 Å². The highest BCUT2D eigenvalue weighted by Crippen LogP contribution is 2.08. The summed E-state index contributed by atoms with van der Waals surface area (Å²) in [6.07, 6.45) is 0. The van der Waals surface area contributed by atoms with E-state index in [0.29, 0.717) is 5.56 Å². The minimum absolute atomic E-state index is 0.178. The summed E-state index contributed by atoms with van der Waals surface area (Å²) < 4.78 is 43.5. The molecule has 0 aromatic heterocycles. The van der Waals surface area contributed by atoms with Crippen LogP contribution in [-0.4, -0.2) is 33.2 Å². The van der Waals surface area contributed by atoms with Crippen molar-refractivity contribution >= 4 is 16.1 Å². The quantitative estimate of drug-likeness (QED) is 0.266. The predicted octanol–water partition coefficient (Wildman–Crippen LogP) is 0.509. The van der Waals surface area contributed by atoms with Gasteiger partial charge in [-0.2, -0.15) is 0 Å². The molecule has 8 heteroatoms. The van der Waals surface area contributed by atoms with Crippen molar-refractivity contribution in [2.45, 2.75) is 11.8 Å². The third-order valence-electron chi connectivity index (χ3n) is 3.82. The number of hydrogen-bond acceptors (Lipinski definition) is 6. The zero-order chi connectivity index (χ0) is 22.1. The van der Waals surface area contributed by atoms with Gasteiger partial charge in [-0.15, -0.1) is 0 Å². The lowest BCUT2D eigenvalue weighted by atomic mass is 10.2. The van der Waals surface area contributed by atoms with Crippen molar-refractivity contribution in [3.8, 4) is 5.75 Å². The highest BCUT2D eigenvalue weighted by Gasteiger charge is 2.17. The van der Waals surface area contributed by atoms with Crippen LogP contribution >= 0.6 is 0 Å². The van der Waals surface area contributed by atoms with Gasteiger partial charge < -0.3 is 14.0 Å². The van der Waals surface area contributed by atoms with Crippen LogP contribution in [0, 0.1) is 14.1 Å². The van der Waals surface area contributed by atoms with Crippen molar-refractivity contribution < 1.29 is 48.4 Å². The fourth-order valence-corrected chi connectivity index (χ4v) is 5.04. The smallest absolute Gasteiger partial charge is 0.357 e. The number of benzene rings is 3. The molecule has 0 bridgehead atoms. The molecule has 0 heterocycles. The summed E-state index contributed by atoms with van der Waals surface area (Å²) in [5.41, 5.74) is 1.53. The molecule has 3 rings (SSSR count). The maximum absolute atomic E-state index is 11.5. The van der Waals surface area contributed by atoms with Crippen LogP contribution in [-0.2, 0) is 14.9 Å². The molecule has 30 heavy (non-hydrogen) atoms. The Morgan fingerprint density at radius 1 is 0.900 bits per heavy atom. The zero-order valence-corrected chi connectivity index (χ0v) is 19.6. The molecule has 0 radical (unpaired) electrons. The van der Waals surface area contributed by atoms with Crippen LogP contribution in [0.1, 0.15) is 15.9 Å². The number of methoxy groups -OCH3 is 2. The van der Waals surface area contributed by atoms with Crippen molar-refractivity contribution in [2.24, 2.45) is 0 Å². The van der Waals surface area contributed by atoms with Crippen LogP contribution in [0.4, 0.5) is 0 Å². The average molecular weight is 540 g/mol. The monoisotopic (exact) mass is 540 g/mol. The summed E-state index contributed by atoms with van der Waals surface area (Å²) in [7, 11) is -1.22. The average Bonchev–Trinajstić information content (AvgIpc) is 2.74. The number of carbonyl (C=O) groups excluding carboxylic acids is 1. The van der Waals surface area contributed by atoms with Crippen molar-refractivity contribution in [3.63, 3.8) is 0 Å². The Bertz CT molecular complexity index is 1080. The molecule has 0 aliphatic carbocycles. The van der Waals surface area contributed by atoms with Gasteiger partial charge in [-0.1, -0.05) is 23.8 Å². The molecule has 0 atom stereocenters. The van der Waals surface area contributed by atoms with E-state index in [1.165, 1.54) is 26.4 Å². The van der Waals surface area contributed by atoms with Crippen molar-refractivity contribution in [1.82, 2.24) is 0 Å². The van der Waals surface area contributed by atoms with Gasteiger partial charge in [0.2, 0.25) is 0 Å². The van der Waals surface area contributed by atoms with Gasteiger partial charge in [0.05, 0.1) is 24.7 Å². The van der Waals surface area contributed by atoms with Gasteiger partial charge in [0.15, 0.2) is 7.14 Å². The van der Waals surface area contributed by atoms with E-state index in [1.54, 1.807) is 25.3 Å². The Kier molecular flexibility index (Phi) is 8.82. The second kappa shape index (κ2) is 11.1. The predicted molar refractivity (Wildman–Crippen MR) is 107 cm³/mol. The van der Waals surface area contributed by atoms with Gasteiger partial charge >= 0.3 is 27.2 Å². The molecule has 0 N–H and O–H groups in total. The zero-order valence-electron chi connectivity index (χ0n) is 16.7. The number of esters is 1. The number of aryl methyl sites for hydroxylation is 1. The van der Waals surface area contributed by atoms with Gasteiger partial charge in [0.1, 0.15) is 15.9 Å². The van der Waals surface area contributed by atoms with E-state index in [-0.39, 0.29) is 32.1 Å². The topological polar surface area (TPSA) is 92.7 Å². The first-order chi connectivity index (χ1) is 14.2. The molecule has 0 saturated carbocycles. The molecule has 3 aromatic carbocycles. The lowest BCUT2D eigenvalue weighted by molar-refractivity contribution is -0.597. The lowest BCUT2D eigenvalue weighted by Crippen LogP contribution is -3.61. The molecular weight excluding hydrogens is 519 g/mol. The fourth-order valence-electron chi connectivity index (χ4n) is 2.26. The molecule has 0 aliphatic rings. The number of rotatable bonds is 5. The maximum Gasteiger partial charge on any atom is 0.357 e. The Hall–Kier alpha value is -2.43. The van der Waals surface area contributed by atoms with Gasteiger partial charge in [0.25, 0.3) is 0 Å². The van der Waals surface area contributed by atoms with E-state index in [2.05, 4.69) is 12.1 Å². The SMILES string of the molecule is COC(=O)c1cccc([I+]c2ccc(OC)cc2)c1.Cc1ccc(S(=O)(=O)[O-])cc1. The summed E-state index contributed by atoms with van der Waals surface area (Å²) in [6, 6.07) is 21.4. The summed E-state index contributed by atoms with van der Waals surface area (Å²) in [4.78, 5) is 11.3. The summed E-state index contributed by atoms with van der Waals surface area (Å²) in [6.45, 7) is 1.82. The molecule has 0 aliphatic heterocycles. The Morgan fingerprint density at radius 2 is 1.53 bits per heavy atom. The highest BCUT2D eigenvalue weighted by atomic mass is 127. The van der Waals surface area contributed by atoms with Crippen LogP contribution in [0.15, 0.2) is 77.7 Å². The molecular formula is C22H21IO6S. The van der Waals surface area contributed by atoms with Crippen LogP contribution in [0.25, 0.3) is 0 Å². The highest BCUT2D eigenvalue weighted by molar-refractivity contribution is 7.85. The molecule has 158 valence electrons. The first-order valence-electron chi connectivity index (χ1n) is 8.73. The van der Waals surface area contributed by atoms with Gasteiger partial charge in [-0.05, 0) is 55.5 Å². The van der Waals surface area contributed by atoms with E-state index in [1.807, 2.05) is 37.3 Å².